The van der Waals surface area contributed by atoms with Gasteiger partial charge in [0.2, 0.25) is 4.96 Å². The summed E-state index contributed by atoms with van der Waals surface area (Å²) in [4.78, 5) is 0.899. The van der Waals surface area contributed by atoms with Gasteiger partial charge < -0.3 is 0 Å². The summed E-state index contributed by atoms with van der Waals surface area (Å²) in [6.07, 6.45) is 2.53. The van der Waals surface area contributed by atoms with Crippen LogP contribution in [0.1, 0.15) is 34.9 Å². The van der Waals surface area contributed by atoms with Crippen LogP contribution in [0.5, 0.6) is 0 Å². The fourth-order valence-electron chi connectivity index (χ4n) is 2.41. The molecule has 0 unspecified atom stereocenters. The number of rotatable bonds is 2. The lowest BCUT2D eigenvalue weighted by Gasteiger charge is -2.01. The molecule has 1 fully saturated rings. The van der Waals surface area contributed by atoms with Crippen LogP contribution >= 0.6 is 11.3 Å². The van der Waals surface area contributed by atoms with Gasteiger partial charge in [0, 0.05) is 11.5 Å². The van der Waals surface area contributed by atoms with Crippen molar-refractivity contribution in [1.82, 2.24) is 19.8 Å². The standard InChI is InChI=1S/C14H14N4S/c1-8-5-9(2)7-11(6-8)12-15-16-14-18(12)17-13(19-14)10-3-4-10/h5-7,10H,3-4H2,1-2H3. The largest absolute Gasteiger partial charge is 0.234 e. The van der Waals surface area contributed by atoms with E-state index in [9.17, 15) is 0 Å². The Hall–Kier alpha value is -1.75. The molecule has 1 saturated carbocycles. The first kappa shape index (κ1) is 11.1. The smallest absolute Gasteiger partial charge is 0.183 e. The van der Waals surface area contributed by atoms with Crippen molar-refractivity contribution in [1.29, 1.82) is 0 Å². The topological polar surface area (TPSA) is 43.1 Å². The second-order valence-electron chi connectivity index (χ2n) is 5.31. The maximum atomic E-state index is 4.68. The number of nitrogens with zero attached hydrogens (tertiary/aromatic N) is 4. The molecule has 0 aliphatic heterocycles. The number of aromatic nitrogens is 4. The fourth-order valence-corrected chi connectivity index (χ4v) is 3.42. The van der Waals surface area contributed by atoms with E-state index in [4.69, 9.17) is 0 Å². The molecule has 0 amide bonds. The molecule has 3 aromatic rings. The summed E-state index contributed by atoms with van der Waals surface area (Å²) in [7, 11) is 0. The average Bonchev–Trinajstić information content (AvgIpc) is 2.98. The van der Waals surface area contributed by atoms with E-state index in [0.29, 0.717) is 5.92 Å². The van der Waals surface area contributed by atoms with Crippen molar-refractivity contribution in [3.05, 3.63) is 34.3 Å². The minimum absolute atomic E-state index is 0.666. The predicted molar refractivity (Wildman–Crippen MR) is 75.5 cm³/mol. The summed E-state index contributed by atoms with van der Waals surface area (Å²) in [5, 5.41) is 14.4. The van der Waals surface area contributed by atoms with Gasteiger partial charge >= 0.3 is 0 Å². The SMILES string of the molecule is Cc1cc(C)cc(-c2nnc3sc(C4CC4)nn23)c1. The van der Waals surface area contributed by atoms with E-state index in [1.807, 2.05) is 4.52 Å². The summed E-state index contributed by atoms with van der Waals surface area (Å²) in [5.74, 6) is 1.52. The Morgan fingerprint density at radius 3 is 2.53 bits per heavy atom. The zero-order chi connectivity index (χ0) is 13.0. The number of benzene rings is 1. The summed E-state index contributed by atoms with van der Waals surface area (Å²) in [6, 6.07) is 6.44. The molecule has 0 bridgehead atoms. The average molecular weight is 270 g/mol. The van der Waals surface area contributed by atoms with Crippen molar-refractivity contribution in [3.8, 4) is 11.4 Å². The van der Waals surface area contributed by atoms with Gasteiger partial charge in [0.15, 0.2) is 5.82 Å². The van der Waals surface area contributed by atoms with E-state index in [1.165, 1.54) is 29.0 Å². The van der Waals surface area contributed by atoms with E-state index in [-0.39, 0.29) is 0 Å². The number of hydrogen-bond acceptors (Lipinski definition) is 4. The molecule has 5 heteroatoms. The second kappa shape index (κ2) is 3.87. The van der Waals surface area contributed by atoms with Crippen LogP contribution in [0.25, 0.3) is 16.3 Å². The van der Waals surface area contributed by atoms with Crippen LogP contribution in [-0.2, 0) is 0 Å². The highest BCUT2D eigenvalue weighted by Crippen LogP contribution is 2.42. The molecule has 0 radical (unpaired) electrons. The van der Waals surface area contributed by atoms with E-state index >= 15 is 0 Å². The van der Waals surface area contributed by atoms with Crippen LogP contribution in [0, 0.1) is 13.8 Å². The Bertz CT molecular complexity index is 747. The fraction of sp³-hybridized carbons (Fsp3) is 0.357. The Morgan fingerprint density at radius 1 is 1.11 bits per heavy atom. The quantitative estimate of drug-likeness (QED) is 0.717. The van der Waals surface area contributed by atoms with Crippen molar-refractivity contribution >= 4 is 16.3 Å². The van der Waals surface area contributed by atoms with Crippen LogP contribution in [0.3, 0.4) is 0 Å². The van der Waals surface area contributed by atoms with E-state index < -0.39 is 0 Å². The highest BCUT2D eigenvalue weighted by molar-refractivity contribution is 7.16. The third kappa shape index (κ3) is 1.85. The van der Waals surface area contributed by atoms with Gasteiger partial charge in [0.25, 0.3) is 0 Å². The minimum atomic E-state index is 0.666. The monoisotopic (exact) mass is 270 g/mol. The van der Waals surface area contributed by atoms with Crippen molar-refractivity contribution in [3.63, 3.8) is 0 Å². The van der Waals surface area contributed by atoms with Crippen LogP contribution in [0.15, 0.2) is 18.2 Å². The zero-order valence-corrected chi connectivity index (χ0v) is 11.7. The van der Waals surface area contributed by atoms with Crippen LogP contribution < -0.4 is 0 Å². The first-order chi connectivity index (χ1) is 9.20. The van der Waals surface area contributed by atoms with Gasteiger partial charge in [0.05, 0.1) is 0 Å². The first-order valence-electron chi connectivity index (χ1n) is 6.51. The van der Waals surface area contributed by atoms with Gasteiger partial charge in [-0.3, -0.25) is 0 Å². The van der Waals surface area contributed by atoms with Crippen LogP contribution in [0.2, 0.25) is 0 Å². The van der Waals surface area contributed by atoms with Crippen LogP contribution in [-0.4, -0.2) is 19.8 Å². The van der Waals surface area contributed by atoms with Crippen molar-refractivity contribution in [2.45, 2.75) is 32.6 Å². The van der Waals surface area contributed by atoms with Crippen LogP contribution in [0.4, 0.5) is 0 Å². The number of fused-ring (bicyclic) bond motifs is 1. The zero-order valence-electron chi connectivity index (χ0n) is 10.9. The van der Waals surface area contributed by atoms with Crippen molar-refractivity contribution in [2.24, 2.45) is 0 Å². The lowest BCUT2D eigenvalue weighted by molar-refractivity contribution is 0.901. The molecule has 4 rings (SSSR count). The Morgan fingerprint density at radius 2 is 1.84 bits per heavy atom. The third-order valence-electron chi connectivity index (χ3n) is 3.41. The third-order valence-corrected chi connectivity index (χ3v) is 4.47. The molecule has 0 N–H and O–H groups in total. The molecule has 1 aromatic carbocycles. The van der Waals surface area contributed by atoms with Crippen molar-refractivity contribution in [2.75, 3.05) is 0 Å². The minimum Gasteiger partial charge on any atom is -0.183 e. The Labute approximate surface area is 115 Å². The Kier molecular flexibility index (Phi) is 2.26. The van der Waals surface area contributed by atoms with E-state index in [0.717, 1.165) is 16.3 Å². The Balaban J connectivity index is 1.89. The van der Waals surface area contributed by atoms with Crippen molar-refractivity contribution < 1.29 is 0 Å². The molecule has 0 spiro atoms. The predicted octanol–water partition coefficient (Wildman–Crippen LogP) is 3.35. The molecule has 2 heterocycles. The molecule has 0 atom stereocenters. The van der Waals surface area contributed by atoms with Gasteiger partial charge in [-0.25, -0.2) is 0 Å². The number of aryl methyl sites for hydroxylation is 2. The van der Waals surface area contributed by atoms with Gasteiger partial charge in [-0.2, -0.15) is 9.61 Å². The van der Waals surface area contributed by atoms with E-state index in [2.05, 4.69) is 47.3 Å². The summed E-state index contributed by atoms with van der Waals surface area (Å²) < 4.78 is 1.90. The highest BCUT2D eigenvalue weighted by atomic mass is 32.1. The van der Waals surface area contributed by atoms with Gasteiger partial charge in [0.1, 0.15) is 5.01 Å². The molecule has 1 aliphatic carbocycles. The summed E-state index contributed by atoms with van der Waals surface area (Å²) in [6.45, 7) is 4.21. The normalized spacial score (nSPS) is 15.3. The molecule has 19 heavy (non-hydrogen) atoms. The molecular formula is C14H14N4S. The maximum Gasteiger partial charge on any atom is 0.234 e. The summed E-state index contributed by atoms with van der Waals surface area (Å²) in [5.41, 5.74) is 3.58. The molecule has 2 aromatic heterocycles. The lowest BCUT2D eigenvalue weighted by atomic mass is 10.1. The lowest BCUT2D eigenvalue weighted by Crippen LogP contribution is -1.93. The molecule has 4 nitrogen and oxygen atoms in total. The van der Waals surface area contributed by atoms with Gasteiger partial charge in [-0.1, -0.05) is 28.5 Å². The molecule has 0 saturated heterocycles. The molecule has 96 valence electrons. The van der Waals surface area contributed by atoms with Gasteiger partial charge in [-0.05, 0) is 38.8 Å². The maximum absolute atomic E-state index is 4.68. The second-order valence-corrected chi connectivity index (χ2v) is 6.30. The number of hydrogen-bond donors (Lipinski definition) is 0. The molecular weight excluding hydrogens is 256 g/mol. The highest BCUT2D eigenvalue weighted by Gasteiger charge is 2.28. The molecule has 1 aliphatic rings. The summed E-state index contributed by atoms with van der Waals surface area (Å²) >= 11 is 1.67. The first-order valence-corrected chi connectivity index (χ1v) is 7.33. The van der Waals surface area contributed by atoms with Gasteiger partial charge in [-0.15, -0.1) is 10.2 Å². The van der Waals surface area contributed by atoms with E-state index in [1.54, 1.807) is 11.3 Å².